The molecule has 0 N–H and O–H groups in total. The predicted octanol–water partition coefficient (Wildman–Crippen LogP) is 3.17. The van der Waals surface area contributed by atoms with E-state index < -0.39 is 10.0 Å². The number of carbonyl (C=O) groups excluding carboxylic acids is 1. The van der Waals surface area contributed by atoms with Crippen LogP contribution in [0.4, 0.5) is 5.69 Å². The Kier molecular flexibility index (Phi) is 5.72. The standard InChI is InChI=1S/C20H27N3O3S/c1-4-23(18-11-7-6-10-16(18)2)20(24)19-14-17(15-21(19)3)27(25,26)22-12-8-5-9-13-22/h6-7,10-11,14-15H,4-5,8-9,12-13H2,1-3H3. The average molecular weight is 390 g/mol. The summed E-state index contributed by atoms with van der Waals surface area (Å²) in [5, 5.41) is 0. The van der Waals surface area contributed by atoms with E-state index in [1.54, 1.807) is 22.7 Å². The number of piperidine rings is 1. The number of aromatic nitrogens is 1. The lowest BCUT2D eigenvalue weighted by molar-refractivity contribution is 0.0980. The monoisotopic (exact) mass is 389 g/mol. The Morgan fingerprint density at radius 1 is 1.15 bits per heavy atom. The van der Waals surface area contributed by atoms with Gasteiger partial charge in [0.05, 0.1) is 0 Å². The molecule has 1 aromatic carbocycles. The number of anilines is 1. The van der Waals surface area contributed by atoms with Crippen LogP contribution in [-0.2, 0) is 17.1 Å². The van der Waals surface area contributed by atoms with Gasteiger partial charge in [-0.3, -0.25) is 4.79 Å². The van der Waals surface area contributed by atoms with Gasteiger partial charge in [-0.05, 0) is 44.4 Å². The molecule has 0 spiro atoms. The number of hydrogen-bond donors (Lipinski definition) is 0. The molecule has 0 unspecified atom stereocenters. The van der Waals surface area contributed by atoms with Crippen LogP contribution in [0.5, 0.6) is 0 Å². The molecule has 146 valence electrons. The van der Waals surface area contributed by atoms with Crippen LogP contribution in [0.15, 0.2) is 41.4 Å². The van der Waals surface area contributed by atoms with Gasteiger partial charge >= 0.3 is 0 Å². The first-order valence-electron chi connectivity index (χ1n) is 9.40. The maximum Gasteiger partial charge on any atom is 0.274 e. The van der Waals surface area contributed by atoms with Crippen molar-refractivity contribution in [3.63, 3.8) is 0 Å². The minimum Gasteiger partial charge on any atom is -0.345 e. The number of nitrogens with zero attached hydrogens (tertiary/aromatic N) is 3. The first-order valence-corrected chi connectivity index (χ1v) is 10.8. The Labute approximate surface area is 161 Å². The van der Waals surface area contributed by atoms with Gasteiger partial charge < -0.3 is 9.47 Å². The second-order valence-corrected chi connectivity index (χ2v) is 8.91. The number of para-hydroxylation sites is 1. The minimum atomic E-state index is -3.56. The van der Waals surface area contributed by atoms with Crippen LogP contribution >= 0.6 is 0 Å². The summed E-state index contributed by atoms with van der Waals surface area (Å²) in [6.07, 6.45) is 4.37. The van der Waals surface area contributed by atoms with Crippen LogP contribution < -0.4 is 4.90 Å². The van der Waals surface area contributed by atoms with Crippen molar-refractivity contribution >= 4 is 21.6 Å². The van der Waals surface area contributed by atoms with Gasteiger partial charge in [-0.2, -0.15) is 4.31 Å². The Hall–Kier alpha value is -2.12. The Morgan fingerprint density at radius 3 is 2.44 bits per heavy atom. The van der Waals surface area contributed by atoms with E-state index in [9.17, 15) is 13.2 Å². The molecule has 1 saturated heterocycles. The normalized spacial score (nSPS) is 15.7. The summed E-state index contributed by atoms with van der Waals surface area (Å²) in [7, 11) is -1.84. The third-order valence-corrected chi connectivity index (χ3v) is 6.98. The number of benzene rings is 1. The zero-order valence-electron chi connectivity index (χ0n) is 16.2. The highest BCUT2D eigenvalue weighted by molar-refractivity contribution is 7.89. The summed E-state index contributed by atoms with van der Waals surface area (Å²) < 4.78 is 29.0. The van der Waals surface area contributed by atoms with Gasteiger partial charge in [0, 0.05) is 38.6 Å². The van der Waals surface area contributed by atoms with Gasteiger partial charge in [0.25, 0.3) is 5.91 Å². The second-order valence-electron chi connectivity index (χ2n) is 6.97. The van der Waals surface area contributed by atoms with Gasteiger partial charge in [-0.15, -0.1) is 0 Å². The first-order chi connectivity index (χ1) is 12.9. The first kappa shape index (κ1) is 19.6. The van der Waals surface area contributed by atoms with Crippen molar-refractivity contribution in [1.82, 2.24) is 8.87 Å². The lowest BCUT2D eigenvalue weighted by atomic mass is 10.1. The van der Waals surface area contributed by atoms with E-state index >= 15 is 0 Å². The average Bonchev–Trinajstić information content (AvgIpc) is 3.07. The van der Waals surface area contributed by atoms with Crippen molar-refractivity contribution in [2.45, 2.75) is 38.0 Å². The summed E-state index contributed by atoms with van der Waals surface area (Å²) in [6.45, 7) is 5.47. The zero-order chi connectivity index (χ0) is 19.6. The van der Waals surface area contributed by atoms with Crippen LogP contribution in [0.2, 0.25) is 0 Å². The second kappa shape index (κ2) is 7.86. The fourth-order valence-electron chi connectivity index (χ4n) is 3.57. The van der Waals surface area contributed by atoms with Crippen molar-refractivity contribution in [1.29, 1.82) is 0 Å². The fraction of sp³-hybridized carbons (Fsp3) is 0.450. The molecule has 2 heterocycles. The molecule has 1 aromatic heterocycles. The van der Waals surface area contributed by atoms with Crippen molar-refractivity contribution in [3.8, 4) is 0 Å². The molecule has 6 nitrogen and oxygen atoms in total. The zero-order valence-corrected chi connectivity index (χ0v) is 17.0. The molecule has 0 saturated carbocycles. The molecule has 1 amide bonds. The highest BCUT2D eigenvalue weighted by Gasteiger charge is 2.29. The topological polar surface area (TPSA) is 62.6 Å². The molecule has 0 atom stereocenters. The van der Waals surface area contributed by atoms with Crippen LogP contribution in [0.3, 0.4) is 0 Å². The number of carbonyl (C=O) groups is 1. The van der Waals surface area contributed by atoms with Gasteiger partial charge in [-0.25, -0.2) is 8.42 Å². The van der Waals surface area contributed by atoms with Gasteiger partial charge in [0.15, 0.2) is 0 Å². The highest BCUT2D eigenvalue weighted by Crippen LogP contribution is 2.25. The minimum absolute atomic E-state index is 0.191. The summed E-state index contributed by atoms with van der Waals surface area (Å²) in [6, 6.07) is 9.21. The van der Waals surface area contributed by atoms with Crippen LogP contribution in [0.25, 0.3) is 0 Å². The number of sulfonamides is 1. The number of amides is 1. The Morgan fingerprint density at radius 2 is 1.81 bits per heavy atom. The van der Waals surface area contributed by atoms with Crippen molar-refractivity contribution in [2.24, 2.45) is 7.05 Å². The summed E-state index contributed by atoms with van der Waals surface area (Å²) >= 11 is 0. The molecule has 2 aromatic rings. The highest BCUT2D eigenvalue weighted by atomic mass is 32.2. The van der Waals surface area contributed by atoms with E-state index in [4.69, 9.17) is 0 Å². The van der Waals surface area contributed by atoms with Crippen LogP contribution in [0.1, 0.15) is 42.2 Å². The number of aryl methyl sites for hydroxylation is 2. The van der Waals surface area contributed by atoms with Gasteiger partial charge in [0.1, 0.15) is 10.6 Å². The van der Waals surface area contributed by atoms with E-state index in [2.05, 4.69) is 0 Å². The molecule has 1 aliphatic rings. The largest absolute Gasteiger partial charge is 0.345 e. The lowest BCUT2D eigenvalue weighted by Gasteiger charge is -2.25. The van der Waals surface area contributed by atoms with E-state index in [-0.39, 0.29) is 10.8 Å². The van der Waals surface area contributed by atoms with E-state index in [1.807, 2.05) is 38.1 Å². The molecule has 0 bridgehead atoms. The van der Waals surface area contributed by atoms with Gasteiger partial charge in [-0.1, -0.05) is 24.6 Å². The molecule has 0 radical (unpaired) electrons. The number of rotatable bonds is 5. The quantitative estimate of drug-likeness (QED) is 0.789. The third-order valence-electron chi connectivity index (χ3n) is 5.12. The van der Waals surface area contributed by atoms with Gasteiger partial charge in [0.2, 0.25) is 10.0 Å². The maximum atomic E-state index is 13.2. The maximum absolute atomic E-state index is 13.2. The molecule has 0 aliphatic carbocycles. The van der Waals surface area contributed by atoms with Crippen LogP contribution in [0, 0.1) is 6.92 Å². The Bertz CT molecular complexity index is 928. The van der Waals surface area contributed by atoms with E-state index in [1.165, 1.54) is 10.4 Å². The number of hydrogen-bond acceptors (Lipinski definition) is 3. The molecule has 27 heavy (non-hydrogen) atoms. The molecule has 3 rings (SSSR count). The summed E-state index contributed by atoms with van der Waals surface area (Å²) in [4.78, 5) is 15.0. The summed E-state index contributed by atoms with van der Waals surface area (Å²) in [5.74, 6) is -0.200. The van der Waals surface area contributed by atoms with E-state index in [0.29, 0.717) is 25.3 Å². The lowest BCUT2D eigenvalue weighted by Crippen LogP contribution is -2.35. The predicted molar refractivity (Wildman–Crippen MR) is 107 cm³/mol. The smallest absolute Gasteiger partial charge is 0.274 e. The molecule has 1 fully saturated rings. The van der Waals surface area contributed by atoms with E-state index in [0.717, 1.165) is 30.5 Å². The van der Waals surface area contributed by atoms with Crippen molar-refractivity contribution < 1.29 is 13.2 Å². The third kappa shape index (κ3) is 3.80. The van der Waals surface area contributed by atoms with Crippen LogP contribution in [-0.4, -0.2) is 42.8 Å². The fourth-order valence-corrected chi connectivity index (χ4v) is 5.16. The molecular weight excluding hydrogens is 362 g/mol. The SMILES string of the molecule is CCN(C(=O)c1cc(S(=O)(=O)N2CCCCC2)cn1C)c1ccccc1C. The summed E-state index contributed by atoms with van der Waals surface area (Å²) in [5.41, 5.74) is 2.21. The van der Waals surface area contributed by atoms with Crippen molar-refractivity contribution in [3.05, 3.63) is 47.8 Å². The Balaban J connectivity index is 1.93. The molecule has 7 heteroatoms. The molecule has 1 aliphatic heterocycles. The molecular formula is C20H27N3O3S. The van der Waals surface area contributed by atoms with Crippen molar-refractivity contribution in [2.75, 3.05) is 24.5 Å².